The Morgan fingerprint density at radius 3 is 1.74 bits per heavy atom. The summed E-state index contributed by atoms with van der Waals surface area (Å²) in [5.74, 6) is -1.63. The zero-order chi connectivity index (χ0) is 15.3. The minimum absolute atomic E-state index is 0.328. The van der Waals surface area contributed by atoms with E-state index in [0.717, 1.165) is 0 Å². The van der Waals surface area contributed by atoms with Crippen LogP contribution >= 0.6 is 0 Å². The maximum Gasteiger partial charge on any atom is 0.391 e. The lowest BCUT2D eigenvalue weighted by Crippen LogP contribution is -2.47. The molecule has 1 nitrogen and oxygen atoms in total. The second kappa shape index (κ2) is 7.06. The third-order valence-electron chi connectivity index (χ3n) is 2.66. The van der Waals surface area contributed by atoms with Crippen LogP contribution < -0.4 is 0 Å². The quantitative estimate of drug-likeness (QED) is 0.545. The van der Waals surface area contributed by atoms with Crippen molar-refractivity contribution in [3.8, 4) is 0 Å². The molecule has 1 fully saturated rings. The number of nitrogens with zero attached hydrogens (tertiary/aromatic N) is 1. The maximum atomic E-state index is 13.1. The van der Waals surface area contributed by atoms with Crippen molar-refractivity contribution < 1.29 is 35.1 Å². The van der Waals surface area contributed by atoms with Crippen molar-refractivity contribution in [1.82, 2.24) is 4.90 Å². The smallest absolute Gasteiger partial charge is 0.255 e. The van der Waals surface area contributed by atoms with Gasteiger partial charge in [-0.15, -0.1) is 0 Å². The highest BCUT2D eigenvalue weighted by molar-refractivity contribution is 4.96. The first-order valence-corrected chi connectivity index (χ1v) is 5.24. The normalized spacial score (nSPS) is 18.6. The van der Waals surface area contributed by atoms with Gasteiger partial charge in [0.05, 0.1) is 19.2 Å². The van der Waals surface area contributed by atoms with Crippen LogP contribution in [0.5, 0.6) is 0 Å². The Morgan fingerprint density at radius 1 is 1.00 bits per heavy atom. The summed E-state index contributed by atoms with van der Waals surface area (Å²) in [6.07, 6.45) is -8.50. The molecule has 0 aromatic heterocycles. The van der Waals surface area contributed by atoms with Crippen LogP contribution in [0, 0.1) is 5.92 Å². The average Bonchev–Trinajstić information content (AvgIpc) is 2.29. The molecule has 1 aliphatic rings. The fourth-order valence-corrected chi connectivity index (χ4v) is 1.73. The molecule has 1 rings (SSSR count). The summed E-state index contributed by atoms with van der Waals surface area (Å²) in [6, 6.07) is -3.89. The highest BCUT2D eigenvalue weighted by Crippen LogP contribution is 2.37. The summed E-state index contributed by atoms with van der Waals surface area (Å²) in [6.45, 7) is -1.11. The zero-order valence-electron chi connectivity index (χ0n) is 9.95. The van der Waals surface area contributed by atoms with E-state index < -0.39 is 56.2 Å². The minimum Gasteiger partial charge on any atom is -0.255 e. The van der Waals surface area contributed by atoms with E-state index in [1.807, 2.05) is 0 Å². The van der Waals surface area contributed by atoms with Gasteiger partial charge in [0.15, 0.2) is 0 Å². The number of rotatable bonds is 2. The van der Waals surface area contributed by atoms with E-state index in [1.54, 1.807) is 0 Å². The Kier molecular flexibility index (Phi) is 6.74. The van der Waals surface area contributed by atoms with E-state index in [4.69, 9.17) is 0 Å². The maximum absolute atomic E-state index is 13.1. The molecule has 0 aromatic carbocycles. The van der Waals surface area contributed by atoms with Crippen LogP contribution in [-0.4, -0.2) is 37.4 Å². The molecule has 19 heavy (non-hydrogen) atoms. The van der Waals surface area contributed by atoms with Crippen molar-refractivity contribution in [3.63, 3.8) is 0 Å². The van der Waals surface area contributed by atoms with Crippen LogP contribution in [0.1, 0.15) is 12.8 Å². The molecule has 0 radical (unpaired) electrons. The van der Waals surface area contributed by atoms with Gasteiger partial charge >= 0.3 is 12.2 Å². The van der Waals surface area contributed by atoms with Gasteiger partial charge in [-0.3, -0.25) is 4.39 Å². The molecule has 1 saturated heterocycles. The van der Waals surface area contributed by atoms with E-state index in [2.05, 4.69) is 0 Å². The number of halogens is 8. The molecule has 0 aromatic rings. The molecule has 1 heterocycles. The summed E-state index contributed by atoms with van der Waals surface area (Å²) in [7, 11) is 0.500. The molecule has 1 aliphatic heterocycles. The second-order valence-corrected chi connectivity index (χ2v) is 3.82. The largest absolute Gasteiger partial charge is 0.391 e. The molecular formula is C10H13F8N. The van der Waals surface area contributed by atoms with Gasteiger partial charge in [-0.05, 0) is 12.8 Å². The summed E-state index contributed by atoms with van der Waals surface area (Å²) in [4.78, 5) is 0.328. The summed E-state index contributed by atoms with van der Waals surface area (Å²) in [5.41, 5.74) is 0. The van der Waals surface area contributed by atoms with Crippen LogP contribution in [0.3, 0.4) is 0 Å². The van der Waals surface area contributed by atoms with Crippen molar-refractivity contribution in [3.05, 3.63) is 12.2 Å². The van der Waals surface area contributed by atoms with E-state index in [9.17, 15) is 35.1 Å². The first kappa shape index (κ1) is 18.1. The van der Waals surface area contributed by atoms with E-state index in [1.165, 1.54) is 0 Å². The van der Waals surface area contributed by atoms with Gasteiger partial charge in [0.2, 0.25) is 0 Å². The Morgan fingerprint density at radius 2 is 1.42 bits per heavy atom. The number of hydrogen-bond donors (Lipinski definition) is 0. The average molecular weight is 299 g/mol. The molecule has 0 atom stereocenters. The molecule has 0 unspecified atom stereocenters. The van der Waals surface area contributed by atoms with Crippen molar-refractivity contribution in [2.24, 2.45) is 5.92 Å². The summed E-state index contributed by atoms with van der Waals surface area (Å²) < 4.78 is 95.8. The fourth-order valence-electron chi connectivity index (χ4n) is 1.73. The highest BCUT2D eigenvalue weighted by Gasteiger charge is 2.45. The fraction of sp³-hybridized carbons (Fsp3) is 0.800. The van der Waals surface area contributed by atoms with Gasteiger partial charge in [0.25, 0.3) is 6.08 Å². The standard InChI is InChI=1S/C9H10F7N.CH3F/c10-7(11)5-8(12,13)17-3-1-6(2-4-17)9(14,15)16;1-2/h5-6H,1-4H2;1H3. The first-order chi connectivity index (χ1) is 8.63. The summed E-state index contributed by atoms with van der Waals surface area (Å²) in [5, 5.41) is 0. The minimum atomic E-state index is -4.41. The van der Waals surface area contributed by atoms with Gasteiger partial charge in [-0.25, -0.2) is 4.90 Å². The van der Waals surface area contributed by atoms with Crippen LogP contribution in [0.2, 0.25) is 0 Å². The van der Waals surface area contributed by atoms with E-state index >= 15 is 0 Å². The number of alkyl halides is 6. The van der Waals surface area contributed by atoms with Crippen molar-refractivity contribution >= 4 is 0 Å². The van der Waals surface area contributed by atoms with Crippen molar-refractivity contribution in [1.29, 1.82) is 0 Å². The van der Waals surface area contributed by atoms with Crippen LogP contribution in [0.15, 0.2) is 12.2 Å². The topological polar surface area (TPSA) is 3.24 Å². The second-order valence-electron chi connectivity index (χ2n) is 3.82. The number of likely N-dealkylation sites (tertiary alicyclic amines) is 1. The molecule has 0 bridgehead atoms. The van der Waals surface area contributed by atoms with Crippen LogP contribution in [-0.2, 0) is 0 Å². The molecule has 114 valence electrons. The molecular weight excluding hydrogens is 286 g/mol. The van der Waals surface area contributed by atoms with Crippen LogP contribution in [0.25, 0.3) is 0 Å². The number of piperidine rings is 1. The lowest BCUT2D eigenvalue weighted by atomic mass is 9.96. The Labute approximate surface area is 104 Å². The van der Waals surface area contributed by atoms with Gasteiger partial charge in [-0.1, -0.05) is 0 Å². The zero-order valence-corrected chi connectivity index (χ0v) is 9.95. The lowest BCUT2D eigenvalue weighted by Gasteiger charge is -2.36. The lowest BCUT2D eigenvalue weighted by molar-refractivity contribution is -0.199. The Balaban J connectivity index is 0.00000154. The molecule has 0 N–H and O–H groups in total. The monoisotopic (exact) mass is 299 g/mol. The van der Waals surface area contributed by atoms with Crippen molar-refractivity contribution in [2.75, 3.05) is 20.3 Å². The molecule has 0 saturated carbocycles. The predicted octanol–water partition coefficient (Wildman–Crippen LogP) is 4.22. The van der Waals surface area contributed by atoms with E-state index in [0.29, 0.717) is 12.1 Å². The van der Waals surface area contributed by atoms with E-state index in [-0.39, 0.29) is 0 Å². The Hall–Kier alpha value is -0.860. The van der Waals surface area contributed by atoms with Gasteiger partial charge < -0.3 is 0 Å². The third kappa shape index (κ3) is 5.75. The van der Waals surface area contributed by atoms with Crippen LogP contribution in [0.4, 0.5) is 35.1 Å². The number of hydrogen-bond acceptors (Lipinski definition) is 1. The predicted molar refractivity (Wildman–Crippen MR) is 52.6 cm³/mol. The molecule has 0 aliphatic carbocycles. The van der Waals surface area contributed by atoms with Crippen molar-refractivity contribution in [2.45, 2.75) is 25.1 Å². The summed E-state index contributed by atoms with van der Waals surface area (Å²) >= 11 is 0. The molecule has 9 heteroatoms. The molecule has 0 amide bonds. The molecule has 0 spiro atoms. The Bertz CT molecular complexity index is 286. The first-order valence-electron chi connectivity index (χ1n) is 5.24. The van der Waals surface area contributed by atoms with Gasteiger partial charge in [0.1, 0.15) is 0 Å². The van der Waals surface area contributed by atoms with Gasteiger partial charge in [-0.2, -0.15) is 30.7 Å². The SMILES string of the molecule is CF.FC(F)=CC(F)(F)N1CCC(C(F)(F)F)CC1. The van der Waals surface area contributed by atoms with Gasteiger partial charge in [0, 0.05) is 13.1 Å². The third-order valence-corrected chi connectivity index (χ3v) is 2.66. The highest BCUT2D eigenvalue weighted by atomic mass is 19.4.